The van der Waals surface area contributed by atoms with Gasteiger partial charge < -0.3 is 10.6 Å². The van der Waals surface area contributed by atoms with Crippen LogP contribution < -0.4 is 10.6 Å². The van der Waals surface area contributed by atoms with Crippen LogP contribution in [-0.4, -0.2) is 38.8 Å². The maximum Gasteiger partial charge on any atom is 0.220 e. The maximum atomic E-state index is 11.3. The first-order chi connectivity index (χ1) is 11.1. The molecule has 1 aromatic carbocycles. The van der Waals surface area contributed by atoms with Crippen molar-refractivity contribution in [3.8, 4) is 0 Å². The van der Waals surface area contributed by atoms with E-state index < -0.39 is 0 Å². The van der Waals surface area contributed by atoms with Crippen LogP contribution in [0.3, 0.4) is 0 Å². The summed E-state index contributed by atoms with van der Waals surface area (Å²) in [6.45, 7) is 1.89. The van der Waals surface area contributed by atoms with Gasteiger partial charge in [-0.3, -0.25) is 4.79 Å². The Morgan fingerprint density at radius 2 is 1.96 bits per heavy atom. The monoisotopic (exact) mass is 310 g/mol. The largest absolute Gasteiger partial charge is 0.369 e. The number of carbonyl (C=O) groups excluding carboxylic acids is 1. The molecule has 0 aliphatic heterocycles. The summed E-state index contributed by atoms with van der Waals surface area (Å²) in [5.74, 6) is 1.40. The molecule has 0 unspecified atom stereocenters. The summed E-state index contributed by atoms with van der Waals surface area (Å²) in [4.78, 5) is 13.4. The number of benzene rings is 1. The average Bonchev–Trinajstić information content (AvgIpc) is 2.86. The summed E-state index contributed by atoms with van der Waals surface area (Å²) in [5, 5.41) is 15.2. The molecule has 0 bridgehead atoms. The van der Waals surface area contributed by atoms with Gasteiger partial charge in [-0.05, 0) is 19.8 Å². The van der Waals surface area contributed by atoms with E-state index in [1.807, 2.05) is 38.2 Å². The predicted molar refractivity (Wildman–Crippen MR) is 87.1 cm³/mol. The maximum absolute atomic E-state index is 11.3. The number of carbonyl (C=O) groups is 1. The zero-order chi connectivity index (χ0) is 16.1. The number of aryl methyl sites for hydroxylation is 1. The number of rotatable bonds is 3. The number of primary amides is 1. The highest BCUT2D eigenvalue weighted by Gasteiger charge is 2.36. The number of hydrogen-bond donors (Lipinski definition) is 1. The second-order valence-electron chi connectivity index (χ2n) is 6.19. The van der Waals surface area contributed by atoms with Crippen molar-refractivity contribution in [2.24, 2.45) is 11.7 Å². The van der Waals surface area contributed by atoms with Crippen molar-refractivity contribution >= 4 is 28.1 Å². The molecule has 0 atom stereocenters. The molecular weight excluding hydrogens is 292 g/mol. The number of nitrogens with two attached hydrogens (primary N) is 1. The standard InChI is InChI=1S/C16H18N6O/c1-9-18-19-15-12-5-3-4-6-13(12)16(20-22(9)15)21(2)11-7-10(8-11)14(17)23/h3-6,10-11H,7-8H2,1-2H3,(H2,17,23). The van der Waals surface area contributed by atoms with Gasteiger partial charge in [0.2, 0.25) is 5.91 Å². The molecule has 7 nitrogen and oxygen atoms in total. The molecule has 1 saturated carbocycles. The van der Waals surface area contributed by atoms with Crippen LogP contribution in [0.25, 0.3) is 16.4 Å². The van der Waals surface area contributed by atoms with Gasteiger partial charge >= 0.3 is 0 Å². The second kappa shape index (κ2) is 4.91. The van der Waals surface area contributed by atoms with Crippen molar-refractivity contribution in [3.63, 3.8) is 0 Å². The highest BCUT2D eigenvalue weighted by atomic mass is 16.1. The molecule has 0 spiro atoms. The normalized spacial score (nSPS) is 20.6. The molecule has 0 radical (unpaired) electrons. The second-order valence-corrected chi connectivity index (χ2v) is 6.19. The van der Waals surface area contributed by atoms with Gasteiger partial charge in [0, 0.05) is 29.8 Å². The lowest BCUT2D eigenvalue weighted by Crippen LogP contribution is -2.47. The van der Waals surface area contributed by atoms with Crippen LogP contribution in [0.4, 0.5) is 5.82 Å². The molecule has 4 rings (SSSR count). The fraction of sp³-hybridized carbons (Fsp3) is 0.375. The summed E-state index contributed by atoms with van der Waals surface area (Å²) >= 11 is 0. The number of aromatic nitrogens is 4. The Bertz CT molecular complexity index is 911. The molecule has 7 heteroatoms. The van der Waals surface area contributed by atoms with Crippen molar-refractivity contribution in [3.05, 3.63) is 30.1 Å². The minimum atomic E-state index is -0.211. The molecule has 23 heavy (non-hydrogen) atoms. The Labute approximate surface area is 133 Å². The van der Waals surface area contributed by atoms with Gasteiger partial charge in [-0.25, -0.2) is 0 Å². The molecule has 2 heterocycles. The van der Waals surface area contributed by atoms with Crippen LogP contribution in [0.5, 0.6) is 0 Å². The van der Waals surface area contributed by atoms with Gasteiger partial charge in [-0.2, -0.15) is 4.52 Å². The first kappa shape index (κ1) is 13.9. The van der Waals surface area contributed by atoms with Crippen LogP contribution in [0.1, 0.15) is 18.7 Å². The third-order valence-corrected chi connectivity index (χ3v) is 4.80. The number of hydrogen-bond acceptors (Lipinski definition) is 5. The fourth-order valence-electron chi connectivity index (χ4n) is 3.24. The van der Waals surface area contributed by atoms with Gasteiger partial charge in [0.1, 0.15) is 0 Å². The van der Waals surface area contributed by atoms with Crippen LogP contribution in [0, 0.1) is 12.8 Å². The van der Waals surface area contributed by atoms with E-state index in [0.29, 0.717) is 0 Å². The predicted octanol–water partition coefficient (Wildman–Crippen LogP) is 1.29. The lowest BCUT2D eigenvalue weighted by atomic mass is 9.79. The summed E-state index contributed by atoms with van der Waals surface area (Å²) in [5.41, 5.74) is 6.14. The summed E-state index contributed by atoms with van der Waals surface area (Å²) < 4.78 is 1.78. The van der Waals surface area contributed by atoms with E-state index in [1.54, 1.807) is 4.52 Å². The molecule has 3 aromatic rings. The molecule has 2 aromatic heterocycles. The van der Waals surface area contributed by atoms with Gasteiger partial charge in [0.05, 0.1) is 0 Å². The van der Waals surface area contributed by atoms with Crippen molar-refractivity contribution in [1.29, 1.82) is 0 Å². The van der Waals surface area contributed by atoms with E-state index in [9.17, 15) is 4.79 Å². The van der Waals surface area contributed by atoms with E-state index >= 15 is 0 Å². The van der Waals surface area contributed by atoms with Gasteiger partial charge in [-0.1, -0.05) is 24.3 Å². The van der Waals surface area contributed by atoms with E-state index in [0.717, 1.165) is 40.9 Å². The Morgan fingerprint density at radius 3 is 2.65 bits per heavy atom. The van der Waals surface area contributed by atoms with Crippen LogP contribution >= 0.6 is 0 Å². The fourth-order valence-corrected chi connectivity index (χ4v) is 3.24. The van der Waals surface area contributed by atoms with Gasteiger partial charge in [0.25, 0.3) is 0 Å². The smallest absolute Gasteiger partial charge is 0.220 e. The summed E-state index contributed by atoms with van der Waals surface area (Å²) in [6.07, 6.45) is 1.56. The lowest BCUT2D eigenvalue weighted by Gasteiger charge is -2.40. The Morgan fingerprint density at radius 1 is 1.26 bits per heavy atom. The zero-order valence-electron chi connectivity index (χ0n) is 13.1. The highest BCUT2D eigenvalue weighted by molar-refractivity contribution is 6.00. The molecule has 0 saturated heterocycles. The van der Waals surface area contributed by atoms with Crippen LogP contribution in [-0.2, 0) is 4.79 Å². The van der Waals surface area contributed by atoms with E-state index in [2.05, 4.69) is 15.1 Å². The first-order valence-corrected chi connectivity index (χ1v) is 7.69. The third-order valence-electron chi connectivity index (χ3n) is 4.80. The quantitative estimate of drug-likeness (QED) is 0.787. The SMILES string of the molecule is Cc1nnc2c3ccccc3c(N(C)C3CC(C(N)=O)C3)nn12. The first-order valence-electron chi connectivity index (χ1n) is 7.69. The third kappa shape index (κ3) is 2.03. The van der Waals surface area contributed by atoms with Crippen molar-refractivity contribution in [1.82, 2.24) is 19.8 Å². The Hall–Kier alpha value is -2.70. The lowest BCUT2D eigenvalue weighted by molar-refractivity contribution is -0.124. The minimum absolute atomic E-state index is 0.0194. The molecule has 1 fully saturated rings. The van der Waals surface area contributed by atoms with Crippen molar-refractivity contribution < 1.29 is 4.79 Å². The molecule has 1 aliphatic carbocycles. The minimum Gasteiger partial charge on any atom is -0.369 e. The topological polar surface area (TPSA) is 89.4 Å². The van der Waals surface area contributed by atoms with Gasteiger partial charge in [-0.15, -0.1) is 15.3 Å². The average molecular weight is 310 g/mol. The van der Waals surface area contributed by atoms with Gasteiger partial charge in [0.15, 0.2) is 17.3 Å². The molecule has 1 amide bonds. The number of nitrogens with zero attached hydrogens (tertiary/aromatic N) is 5. The van der Waals surface area contributed by atoms with E-state index in [1.165, 1.54) is 0 Å². The number of fused-ring (bicyclic) bond motifs is 3. The molecule has 118 valence electrons. The molecular formula is C16H18N6O. The highest BCUT2D eigenvalue weighted by Crippen LogP contribution is 2.35. The Kier molecular flexibility index (Phi) is 2.97. The molecule has 2 N–H and O–H groups in total. The number of amides is 1. The van der Waals surface area contributed by atoms with Crippen molar-refractivity contribution in [2.75, 3.05) is 11.9 Å². The number of anilines is 1. The van der Waals surface area contributed by atoms with E-state index in [-0.39, 0.29) is 17.9 Å². The van der Waals surface area contributed by atoms with Crippen molar-refractivity contribution in [2.45, 2.75) is 25.8 Å². The zero-order valence-corrected chi connectivity index (χ0v) is 13.1. The molecule has 1 aliphatic rings. The van der Waals surface area contributed by atoms with Crippen LogP contribution in [0.15, 0.2) is 24.3 Å². The summed E-state index contributed by atoms with van der Waals surface area (Å²) in [6, 6.07) is 8.33. The summed E-state index contributed by atoms with van der Waals surface area (Å²) in [7, 11) is 2.02. The Balaban J connectivity index is 1.82. The van der Waals surface area contributed by atoms with Crippen LogP contribution in [0.2, 0.25) is 0 Å². The van der Waals surface area contributed by atoms with E-state index in [4.69, 9.17) is 10.8 Å².